The van der Waals surface area contributed by atoms with Crippen molar-refractivity contribution in [3.8, 4) is 11.5 Å². The van der Waals surface area contributed by atoms with E-state index in [4.69, 9.17) is 10.2 Å². The molecule has 0 radical (unpaired) electrons. The van der Waals surface area contributed by atoms with Crippen molar-refractivity contribution in [2.24, 2.45) is 11.7 Å². The van der Waals surface area contributed by atoms with Gasteiger partial charge in [0.15, 0.2) is 0 Å². The predicted octanol–water partition coefficient (Wildman–Crippen LogP) is 2.36. The van der Waals surface area contributed by atoms with Gasteiger partial charge in [0.1, 0.15) is 0 Å². The molecule has 0 saturated carbocycles. The Morgan fingerprint density at radius 2 is 2.05 bits per heavy atom. The van der Waals surface area contributed by atoms with E-state index in [1.54, 1.807) is 13.0 Å². The average molecular weight is 288 g/mol. The van der Waals surface area contributed by atoms with Crippen molar-refractivity contribution >= 4 is 11.6 Å². The summed E-state index contributed by atoms with van der Waals surface area (Å²) < 4.78 is 5.41. The summed E-state index contributed by atoms with van der Waals surface area (Å²) >= 11 is 0. The van der Waals surface area contributed by atoms with E-state index in [0.717, 1.165) is 0 Å². The maximum Gasteiger partial charge on any atom is 0.249 e. The van der Waals surface area contributed by atoms with E-state index in [1.165, 1.54) is 0 Å². The minimum Gasteiger partial charge on any atom is -0.421 e. The Morgan fingerprint density at radius 1 is 1.33 bits per heavy atom. The molecule has 0 spiro atoms. The maximum absolute atomic E-state index is 12.1. The fraction of sp³-hybridized carbons (Fsp3) is 0.400. The Balaban J connectivity index is 2.19. The van der Waals surface area contributed by atoms with Crippen LogP contribution >= 0.6 is 0 Å². The number of nitrogens with zero attached hydrogens (tertiary/aromatic N) is 2. The number of amides is 1. The molecular formula is C15H20N4O2. The van der Waals surface area contributed by atoms with Crippen LogP contribution in [0.2, 0.25) is 0 Å². The molecule has 0 bridgehead atoms. The molecule has 6 nitrogen and oxygen atoms in total. The molecule has 1 aromatic carbocycles. The molecule has 0 saturated heterocycles. The molecule has 6 heteroatoms. The number of aryl methyl sites for hydroxylation is 1. The monoisotopic (exact) mass is 288 g/mol. The van der Waals surface area contributed by atoms with E-state index < -0.39 is 6.04 Å². The van der Waals surface area contributed by atoms with Gasteiger partial charge in [-0.1, -0.05) is 26.0 Å². The Labute approximate surface area is 123 Å². The third-order valence-electron chi connectivity index (χ3n) is 3.00. The van der Waals surface area contributed by atoms with Crippen LogP contribution < -0.4 is 11.1 Å². The van der Waals surface area contributed by atoms with Crippen molar-refractivity contribution in [2.75, 3.05) is 5.32 Å². The largest absolute Gasteiger partial charge is 0.421 e. The van der Waals surface area contributed by atoms with Crippen LogP contribution in [-0.4, -0.2) is 22.1 Å². The van der Waals surface area contributed by atoms with Gasteiger partial charge in [-0.05, 0) is 24.5 Å². The molecule has 2 aromatic rings. The number of benzene rings is 1. The van der Waals surface area contributed by atoms with E-state index in [2.05, 4.69) is 15.5 Å². The van der Waals surface area contributed by atoms with Gasteiger partial charge in [-0.2, -0.15) is 0 Å². The summed E-state index contributed by atoms with van der Waals surface area (Å²) in [6.07, 6.45) is 0.633. The van der Waals surface area contributed by atoms with E-state index in [-0.39, 0.29) is 5.91 Å². The molecule has 0 aliphatic rings. The van der Waals surface area contributed by atoms with Crippen molar-refractivity contribution in [3.63, 3.8) is 0 Å². The molecule has 1 amide bonds. The molecule has 21 heavy (non-hydrogen) atoms. The number of carbonyl (C=O) groups is 1. The molecule has 1 unspecified atom stereocenters. The fourth-order valence-electron chi connectivity index (χ4n) is 2.02. The molecule has 1 aromatic heterocycles. The minimum absolute atomic E-state index is 0.215. The summed E-state index contributed by atoms with van der Waals surface area (Å²) in [4.78, 5) is 12.1. The van der Waals surface area contributed by atoms with Crippen molar-refractivity contribution < 1.29 is 9.21 Å². The third kappa shape index (κ3) is 3.88. The number of hydrogen-bond acceptors (Lipinski definition) is 5. The molecule has 2 rings (SSSR count). The van der Waals surface area contributed by atoms with Crippen molar-refractivity contribution in [1.29, 1.82) is 0 Å². The second-order valence-electron chi connectivity index (χ2n) is 5.40. The fourth-order valence-corrected chi connectivity index (χ4v) is 2.02. The lowest BCUT2D eigenvalue weighted by atomic mass is 10.0. The van der Waals surface area contributed by atoms with Gasteiger partial charge in [0.05, 0.1) is 17.3 Å². The minimum atomic E-state index is -0.539. The van der Waals surface area contributed by atoms with Gasteiger partial charge in [0, 0.05) is 6.92 Å². The number of hydrogen-bond donors (Lipinski definition) is 2. The van der Waals surface area contributed by atoms with Gasteiger partial charge in [0.2, 0.25) is 17.7 Å². The van der Waals surface area contributed by atoms with Crippen LogP contribution in [0.4, 0.5) is 5.69 Å². The first-order valence-electron chi connectivity index (χ1n) is 6.93. The summed E-state index contributed by atoms with van der Waals surface area (Å²) in [5, 5.41) is 10.6. The van der Waals surface area contributed by atoms with Crippen LogP contribution in [0, 0.1) is 12.8 Å². The third-order valence-corrected chi connectivity index (χ3v) is 3.00. The van der Waals surface area contributed by atoms with E-state index in [1.807, 2.05) is 32.0 Å². The molecule has 0 fully saturated rings. The van der Waals surface area contributed by atoms with E-state index in [0.29, 0.717) is 35.4 Å². The Bertz CT molecular complexity index is 622. The number of nitrogens with two attached hydrogens (primary N) is 1. The zero-order valence-electron chi connectivity index (χ0n) is 12.5. The first-order valence-corrected chi connectivity index (χ1v) is 6.93. The molecule has 112 valence electrons. The lowest BCUT2D eigenvalue weighted by Gasteiger charge is -2.15. The lowest BCUT2D eigenvalue weighted by molar-refractivity contribution is -0.117. The lowest BCUT2D eigenvalue weighted by Crippen LogP contribution is -2.36. The predicted molar refractivity (Wildman–Crippen MR) is 80.5 cm³/mol. The smallest absolute Gasteiger partial charge is 0.249 e. The number of para-hydroxylation sites is 1. The normalized spacial score (nSPS) is 12.4. The Morgan fingerprint density at radius 3 is 2.67 bits per heavy atom. The maximum atomic E-state index is 12.1. The second-order valence-corrected chi connectivity index (χ2v) is 5.40. The number of aromatic nitrogens is 2. The summed E-state index contributed by atoms with van der Waals surface area (Å²) in [7, 11) is 0. The van der Waals surface area contributed by atoms with Crippen molar-refractivity contribution in [2.45, 2.75) is 33.2 Å². The summed E-state index contributed by atoms with van der Waals surface area (Å²) in [5.74, 6) is 0.996. The molecule has 1 atom stereocenters. The molecule has 0 aliphatic carbocycles. The summed E-state index contributed by atoms with van der Waals surface area (Å²) in [5.41, 5.74) is 7.20. The molecule has 3 N–H and O–H groups in total. The van der Waals surface area contributed by atoms with E-state index >= 15 is 0 Å². The van der Waals surface area contributed by atoms with Crippen molar-refractivity contribution in [3.05, 3.63) is 30.2 Å². The van der Waals surface area contributed by atoms with Crippen LogP contribution in [0.25, 0.3) is 11.5 Å². The van der Waals surface area contributed by atoms with Gasteiger partial charge in [-0.25, -0.2) is 0 Å². The van der Waals surface area contributed by atoms with Gasteiger partial charge in [0.25, 0.3) is 0 Å². The molecule has 0 aliphatic heterocycles. The van der Waals surface area contributed by atoms with Crippen LogP contribution in [0.5, 0.6) is 0 Å². The van der Waals surface area contributed by atoms with Gasteiger partial charge in [-0.15, -0.1) is 10.2 Å². The SMILES string of the molecule is Cc1nnc(-c2ccccc2NC(=O)C(N)CC(C)C)o1. The van der Waals surface area contributed by atoms with Gasteiger partial charge < -0.3 is 15.5 Å². The quantitative estimate of drug-likeness (QED) is 0.880. The van der Waals surface area contributed by atoms with Gasteiger partial charge >= 0.3 is 0 Å². The van der Waals surface area contributed by atoms with E-state index in [9.17, 15) is 4.79 Å². The van der Waals surface area contributed by atoms with Crippen LogP contribution in [0.15, 0.2) is 28.7 Å². The molecular weight excluding hydrogens is 268 g/mol. The second kappa shape index (κ2) is 6.49. The Hall–Kier alpha value is -2.21. The number of anilines is 1. The van der Waals surface area contributed by atoms with Crippen LogP contribution in [-0.2, 0) is 4.79 Å². The summed E-state index contributed by atoms with van der Waals surface area (Å²) in [6, 6.07) is 6.74. The highest BCUT2D eigenvalue weighted by molar-refractivity contribution is 5.97. The zero-order valence-corrected chi connectivity index (χ0v) is 12.5. The average Bonchev–Trinajstić information content (AvgIpc) is 2.85. The van der Waals surface area contributed by atoms with Crippen LogP contribution in [0.3, 0.4) is 0 Å². The first kappa shape index (κ1) is 15.2. The number of rotatable bonds is 5. The highest BCUT2D eigenvalue weighted by atomic mass is 16.4. The van der Waals surface area contributed by atoms with Gasteiger partial charge in [-0.3, -0.25) is 4.79 Å². The molecule has 1 heterocycles. The summed E-state index contributed by atoms with van der Waals surface area (Å²) in [6.45, 7) is 5.78. The number of nitrogens with one attached hydrogen (secondary N) is 1. The zero-order chi connectivity index (χ0) is 15.4. The van der Waals surface area contributed by atoms with Crippen LogP contribution in [0.1, 0.15) is 26.2 Å². The highest BCUT2D eigenvalue weighted by Gasteiger charge is 2.18. The number of carbonyl (C=O) groups excluding carboxylic acids is 1. The topological polar surface area (TPSA) is 94.0 Å². The highest BCUT2D eigenvalue weighted by Crippen LogP contribution is 2.26. The van der Waals surface area contributed by atoms with Crippen molar-refractivity contribution in [1.82, 2.24) is 10.2 Å². The standard InChI is InChI=1S/C15H20N4O2/c1-9(2)8-12(16)14(20)17-13-7-5-4-6-11(13)15-19-18-10(3)21-15/h4-7,9,12H,8,16H2,1-3H3,(H,17,20). The first-order chi connectivity index (χ1) is 9.97. The Kier molecular flexibility index (Phi) is 4.70.